The number of carbonyl (C=O) groups excluding carboxylic acids is 3. The normalized spacial score (nSPS) is 14.6. The highest BCUT2D eigenvalue weighted by Gasteiger charge is 2.38. The fraction of sp³-hybridized carbons (Fsp3) is 0.261. The van der Waals surface area contributed by atoms with Crippen LogP contribution in [0.4, 0.5) is 28.0 Å². The molecule has 1 aromatic carbocycles. The van der Waals surface area contributed by atoms with E-state index < -0.39 is 42.0 Å². The van der Waals surface area contributed by atoms with E-state index in [4.69, 9.17) is 30.8 Å². The first-order valence-corrected chi connectivity index (χ1v) is 11.4. The number of alkyl halides is 3. The van der Waals surface area contributed by atoms with Gasteiger partial charge in [-0.15, -0.1) is 5.10 Å². The number of pyridine rings is 1. The molecule has 1 fully saturated rings. The highest BCUT2D eigenvalue weighted by atomic mass is 19.4. The first-order valence-electron chi connectivity index (χ1n) is 11.4. The Kier molecular flexibility index (Phi) is 9.51. The van der Waals surface area contributed by atoms with Crippen LogP contribution in [0, 0.1) is 5.82 Å². The summed E-state index contributed by atoms with van der Waals surface area (Å²) in [7, 11) is 0. The lowest BCUT2D eigenvalue weighted by atomic mass is 10.1. The first-order chi connectivity index (χ1) is 19.3. The van der Waals surface area contributed by atoms with Crippen LogP contribution in [-0.2, 0) is 30.5 Å². The molecule has 0 bridgehead atoms. The number of hydrogen-bond donors (Lipinski definition) is 3. The molecule has 3 aromatic rings. The van der Waals surface area contributed by atoms with Crippen LogP contribution in [0.2, 0.25) is 0 Å². The number of carbonyl (C=O) groups is 4. The number of cyclic esters (lactones) is 1. The lowest BCUT2D eigenvalue weighted by Crippen LogP contribution is -2.26. The maximum atomic E-state index is 14.9. The van der Waals surface area contributed by atoms with Crippen molar-refractivity contribution < 1.29 is 51.3 Å². The van der Waals surface area contributed by atoms with E-state index in [1.54, 1.807) is 24.4 Å². The second-order valence-electron chi connectivity index (χ2n) is 8.18. The van der Waals surface area contributed by atoms with E-state index in [2.05, 4.69) is 15.3 Å². The summed E-state index contributed by atoms with van der Waals surface area (Å²) in [5.41, 5.74) is 11.8. The molecule has 2 aromatic heterocycles. The molecule has 0 unspecified atom stereocenters. The lowest BCUT2D eigenvalue weighted by Gasteiger charge is -2.14. The van der Waals surface area contributed by atoms with E-state index >= 15 is 0 Å². The van der Waals surface area contributed by atoms with Gasteiger partial charge in [0.05, 0.1) is 31.4 Å². The summed E-state index contributed by atoms with van der Waals surface area (Å²) in [5, 5.41) is 14.9. The molecular weight excluding hydrogens is 562 g/mol. The van der Waals surface area contributed by atoms with E-state index in [0.29, 0.717) is 22.8 Å². The van der Waals surface area contributed by atoms with Crippen molar-refractivity contribution in [1.29, 1.82) is 0 Å². The molecule has 1 aliphatic heterocycles. The third-order valence-corrected chi connectivity index (χ3v) is 5.19. The second kappa shape index (κ2) is 12.8. The molecule has 14 nitrogen and oxygen atoms in total. The highest BCUT2D eigenvalue weighted by molar-refractivity contribution is 5.91. The van der Waals surface area contributed by atoms with Gasteiger partial charge >= 0.3 is 24.2 Å². The Labute approximate surface area is 227 Å². The number of ether oxygens (including phenoxy) is 2. The number of carboxylic acids is 1. The fourth-order valence-electron chi connectivity index (χ4n) is 3.34. The quantitative estimate of drug-likeness (QED) is 0.254. The van der Waals surface area contributed by atoms with Gasteiger partial charge < -0.3 is 26.0 Å². The summed E-state index contributed by atoms with van der Waals surface area (Å²) >= 11 is 0. The third-order valence-electron chi connectivity index (χ3n) is 5.19. The van der Waals surface area contributed by atoms with E-state index in [0.717, 1.165) is 0 Å². The van der Waals surface area contributed by atoms with Gasteiger partial charge in [0.15, 0.2) is 5.82 Å². The summed E-state index contributed by atoms with van der Waals surface area (Å²) in [6.07, 6.45) is -3.52. The van der Waals surface area contributed by atoms with Crippen LogP contribution in [-0.4, -0.2) is 74.4 Å². The Morgan fingerprint density at radius 1 is 1.20 bits per heavy atom. The Balaban J connectivity index is 0.000000587. The summed E-state index contributed by atoms with van der Waals surface area (Å²) in [5.74, 6) is -4.05. The molecule has 0 spiro atoms. The summed E-state index contributed by atoms with van der Waals surface area (Å²) in [6.45, 7) is -0.200. The molecule has 2 amide bonds. The minimum absolute atomic E-state index is 0.0699. The number of primary amides is 1. The van der Waals surface area contributed by atoms with Gasteiger partial charge in [0.1, 0.15) is 24.2 Å². The number of hydrogen-bond acceptors (Lipinski definition) is 10. The number of carboxylic acid groups (broad SMARTS) is 1. The topological polar surface area (TPSA) is 206 Å². The Morgan fingerprint density at radius 2 is 1.90 bits per heavy atom. The van der Waals surface area contributed by atoms with E-state index in [-0.39, 0.29) is 31.7 Å². The number of esters is 1. The van der Waals surface area contributed by atoms with Gasteiger partial charge in [0, 0.05) is 17.3 Å². The number of benzene rings is 1. The summed E-state index contributed by atoms with van der Waals surface area (Å²) in [6, 6.07) is 7.59. The zero-order valence-corrected chi connectivity index (χ0v) is 20.7. The minimum atomic E-state index is -5.08. The van der Waals surface area contributed by atoms with Crippen LogP contribution in [0.1, 0.15) is 12.1 Å². The van der Waals surface area contributed by atoms with E-state index in [9.17, 15) is 31.9 Å². The number of rotatable bonds is 8. The molecule has 1 atom stereocenters. The number of halogens is 4. The molecule has 1 aliphatic rings. The van der Waals surface area contributed by atoms with Crippen LogP contribution >= 0.6 is 0 Å². The molecule has 3 heterocycles. The van der Waals surface area contributed by atoms with Crippen molar-refractivity contribution in [3.05, 3.63) is 54.2 Å². The Morgan fingerprint density at radius 3 is 2.46 bits per heavy atom. The van der Waals surface area contributed by atoms with Gasteiger partial charge in [-0.2, -0.15) is 13.2 Å². The molecule has 1 saturated heterocycles. The minimum Gasteiger partial charge on any atom is -0.475 e. The summed E-state index contributed by atoms with van der Waals surface area (Å²) in [4.78, 5) is 48.7. The Hall–Kier alpha value is -5.13. The third kappa shape index (κ3) is 8.18. The van der Waals surface area contributed by atoms with Gasteiger partial charge in [-0.05, 0) is 30.3 Å². The van der Waals surface area contributed by atoms with E-state index in [1.165, 1.54) is 27.9 Å². The molecule has 0 aliphatic carbocycles. The molecule has 5 N–H and O–H groups in total. The number of anilines is 1. The van der Waals surface area contributed by atoms with Crippen LogP contribution < -0.4 is 16.4 Å². The average molecular weight is 583 g/mol. The number of amides is 2. The molecular formula is C23H21F4N7O7. The summed E-state index contributed by atoms with van der Waals surface area (Å²) < 4.78 is 58.0. The predicted octanol–water partition coefficient (Wildman–Crippen LogP) is 1.30. The molecule has 218 valence electrons. The average Bonchev–Trinajstić information content (AvgIpc) is 3.53. The number of aliphatic carboxylic acids is 1. The van der Waals surface area contributed by atoms with Gasteiger partial charge in [-0.1, -0.05) is 5.21 Å². The van der Waals surface area contributed by atoms with Crippen LogP contribution in [0.15, 0.2) is 42.7 Å². The highest BCUT2D eigenvalue weighted by Crippen LogP contribution is 2.29. The van der Waals surface area contributed by atoms with Crippen molar-refractivity contribution in [2.45, 2.75) is 25.3 Å². The van der Waals surface area contributed by atoms with Crippen molar-refractivity contribution in [2.24, 2.45) is 11.5 Å². The standard InChI is InChI=1S/C21H20FN7O5.C2HF3O2/c22-17-5-14(28-10-15(6-18(24)30)34-21(28)32)2-3-16(17)12-1-4-19(25-8-12)29-9-13(26-27-29)11-33-20(31)7-23;3-2(4,5)1(6)7/h1-5,8-9,15H,6-7,10-11,23H2,(H2,24,30);(H,6,7)/t15-;/m0./s1. The molecule has 4 rings (SSSR count). The van der Waals surface area contributed by atoms with Crippen molar-refractivity contribution in [2.75, 3.05) is 18.0 Å². The van der Waals surface area contributed by atoms with Gasteiger partial charge in [0.2, 0.25) is 5.91 Å². The number of nitrogens with two attached hydrogens (primary N) is 2. The molecule has 41 heavy (non-hydrogen) atoms. The first kappa shape index (κ1) is 30.4. The number of aromatic nitrogens is 4. The second-order valence-corrected chi connectivity index (χ2v) is 8.18. The monoisotopic (exact) mass is 583 g/mol. The molecule has 18 heteroatoms. The van der Waals surface area contributed by atoms with Gasteiger partial charge in [-0.3, -0.25) is 14.5 Å². The zero-order valence-electron chi connectivity index (χ0n) is 20.7. The largest absolute Gasteiger partial charge is 0.490 e. The van der Waals surface area contributed by atoms with Crippen molar-refractivity contribution >= 4 is 29.6 Å². The molecule has 0 radical (unpaired) electrons. The van der Waals surface area contributed by atoms with Crippen molar-refractivity contribution in [3.8, 4) is 16.9 Å². The SMILES string of the molecule is NCC(=O)OCc1cn(-c2ccc(-c3ccc(N4C[C@H](CC(N)=O)OC4=O)cc3F)cn2)nn1.O=C(O)C(F)(F)F. The van der Waals surface area contributed by atoms with Crippen LogP contribution in [0.25, 0.3) is 16.9 Å². The molecule has 0 saturated carbocycles. The Bertz CT molecular complexity index is 1430. The smallest absolute Gasteiger partial charge is 0.475 e. The fourth-order valence-corrected chi connectivity index (χ4v) is 3.34. The van der Waals surface area contributed by atoms with Crippen LogP contribution in [0.3, 0.4) is 0 Å². The predicted molar refractivity (Wildman–Crippen MR) is 129 cm³/mol. The van der Waals surface area contributed by atoms with Gasteiger partial charge in [-0.25, -0.2) is 23.6 Å². The van der Waals surface area contributed by atoms with Crippen LogP contribution in [0.5, 0.6) is 0 Å². The van der Waals surface area contributed by atoms with Crippen molar-refractivity contribution in [1.82, 2.24) is 20.0 Å². The number of nitrogens with zero attached hydrogens (tertiary/aromatic N) is 5. The maximum absolute atomic E-state index is 14.9. The van der Waals surface area contributed by atoms with Gasteiger partial charge in [0.25, 0.3) is 0 Å². The van der Waals surface area contributed by atoms with Crippen molar-refractivity contribution in [3.63, 3.8) is 0 Å². The lowest BCUT2D eigenvalue weighted by molar-refractivity contribution is -0.192. The zero-order chi connectivity index (χ0) is 30.3. The van der Waals surface area contributed by atoms with E-state index in [1.807, 2.05) is 0 Å². The maximum Gasteiger partial charge on any atom is 0.490 e.